The minimum atomic E-state index is -0.494. The van der Waals surface area contributed by atoms with Gasteiger partial charge in [0, 0.05) is 18.0 Å². The smallest absolute Gasteiger partial charge is 0.228 e. The van der Waals surface area contributed by atoms with E-state index in [1.165, 1.54) is 17.7 Å². The lowest BCUT2D eigenvalue weighted by Gasteiger charge is -2.21. The number of carbonyl (C=O) groups excluding carboxylic acids is 1. The lowest BCUT2D eigenvalue weighted by atomic mass is 9.87. The van der Waals surface area contributed by atoms with Crippen molar-refractivity contribution < 1.29 is 20.0 Å². The van der Waals surface area contributed by atoms with Crippen molar-refractivity contribution in [3.05, 3.63) is 71.0 Å². The average molecular weight is 389 g/mol. The molecule has 6 heteroatoms. The van der Waals surface area contributed by atoms with E-state index >= 15 is 0 Å². The molecule has 28 heavy (non-hydrogen) atoms. The van der Waals surface area contributed by atoms with Crippen LogP contribution in [0.25, 0.3) is 0 Å². The molecule has 3 atom stereocenters. The first-order valence-electron chi connectivity index (χ1n) is 9.71. The third-order valence-corrected chi connectivity index (χ3v) is 5.12. The van der Waals surface area contributed by atoms with Crippen LogP contribution < -0.4 is 16.4 Å². The van der Waals surface area contributed by atoms with Crippen LogP contribution in [0.1, 0.15) is 42.6 Å². The predicted octanol–water partition coefficient (Wildman–Crippen LogP) is 1.75. The molecule has 5 nitrogen and oxygen atoms in total. The maximum absolute atomic E-state index is 13.4. The van der Waals surface area contributed by atoms with Crippen LogP contribution in [0.5, 0.6) is 0 Å². The summed E-state index contributed by atoms with van der Waals surface area (Å²) >= 11 is 0. The Bertz CT molecular complexity index is 752. The van der Waals surface area contributed by atoms with Crippen molar-refractivity contribution in [1.29, 1.82) is 0 Å². The highest BCUT2D eigenvalue weighted by molar-refractivity contribution is 5.79. The van der Waals surface area contributed by atoms with E-state index in [0.29, 0.717) is 12.1 Å². The first kappa shape index (κ1) is 22.0. The number of aliphatic hydroxyl groups is 1. The number of quaternary nitrogens is 1. The van der Waals surface area contributed by atoms with Gasteiger partial charge in [-0.3, -0.25) is 4.79 Å². The number of benzene rings is 2. The number of halogens is 1. The highest BCUT2D eigenvalue weighted by atomic mass is 19.1. The molecule has 2 aromatic carbocycles. The Labute approximate surface area is 166 Å². The SMILES string of the molecule is CC(C(=O)NC([NH3+])c1cccc(F)c1)C(C)c1ccc(CCNCCO)cc1. The van der Waals surface area contributed by atoms with E-state index in [0.717, 1.165) is 18.5 Å². The van der Waals surface area contributed by atoms with E-state index in [1.54, 1.807) is 12.1 Å². The van der Waals surface area contributed by atoms with Crippen LogP contribution in [-0.2, 0) is 11.2 Å². The minimum absolute atomic E-state index is 0.0428. The van der Waals surface area contributed by atoms with Crippen LogP contribution in [0, 0.1) is 11.7 Å². The van der Waals surface area contributed by atoms with Crippen molar-refractivity contribution in [2.75, 3.05) is 19.7 Å². The van der Waals surface area contributed by atoms with Gasteiger partial charge >= 0.3 is 0 Å². The second kappa shape index (κ2) is 10.9. The maximum atomic E-state index is 13.4. The van der Waals surface area contributed by atoms with E-state index in [-0.39, 0.29) is 30.2 Å². The molecule has 2 aromatic rings. The lowest BCUT2D eigenvalue weighted by molar-refractivity contribution is -0.433. The number of nitrogens with one attached hydrogen (secondary N) is 2. The Morgan fingerprint density at radius 3 is 2.46 bits per heavy atom. The zero-order valence-electron chi connectivity index (χ0n) is 16.6. The largest absolute Gasteiger partial charge is 0.395 e. The van der Waals surface area contributed by atoms with Gasteiger partial charge in [-0.25, -0.2) is 4.39 Å². The van der Waals surface area contributed by atoms with Crippen LogP contribution >= 0.6 is 0 Å². The fourth-order valence-electron chi connectivity index (χ4n) is 3.05. The van der Waals surface area contributed by atoms with Crippen molar-refractivity contribution in [1.82, 2.24) is 10.6 Å². The second-order valence-electron chi connectivity index (χ2n) is 7.16. The molecule has 0 aliphatic carbocycles. The Kier molecular flexibility index (Phi) is 8.57. The standard InChI is InChI=1S/C22H30FN3O2/c1-15(18-8-6-17(7-9-18)10-11-25-12-13-27)16(2)22(28)26-21(24)19-4-3-5-20(23)14-19/h3-9,14-16,21,25,27H,10-13,24H2,1-2H3,(H,26,28)/p+1. The Morgan fingerprint density at radius 2 is 1.82 bits per heavy atom. The maximum Gasteiger partial charge on any atom is 0.228 e. The summed E-state index contributed by atoms with van der Waals surface area (Å²) < 4.78 is 13.4. The number of aliphatic hydroxyl groups excluding tert-OH is 1. The number of amides is 1. The van der Waals surface area contributed by atoms with Gasteiger partial charge in [-0.1, -0.05) is 50.2 Å². The summed E-state index contributed by atoms with van der Waals surface area (Å²) in [4.78, 5) is 12.6. The summed E-state index contributed by atoms with van der Waals surface area (Å²) in [5.41, 5.74) is 6.89. The van der Waals surface area contributed by atoms with Gasteiger partial charge in [-0.2, -0.15) is 0 Å². The minimum Gasteiger partial charge on any atom is -0.395 e. The molecule has 6 N–H and O–H groups in total. The Hall–Kier alpha value is -2.28. The molecule has 0 saturated carbocycles. The number of carbonyl (C=O) groups is 1. The van der Waals surface area contributed by atoms with Crippen LogP contribution in [0.2, 0.25) is 0 Å². The van der Waals surface area contributed by atoms with Gasteiger partial charge in [0.05, 0.1) is 6.61 Å². The van der Waals surface area contributed by atoms with Gasteiger partial charge < -0.3 is 21.5 Å². The third kappa shape index (κ3) is 6.41. The summed E-state index contributed by atoms with van der Waals surface area (Å²) in [6, 6.07) is 14.4. The summed E-state index contributed by atoms with van der Waals surface area (Å²) in [7, 11) is 0. The third-order valence-electron chi connectivity index (χ3n) is 5.12. The molecule has 0 spiro atoms. The summed E-state index contributed by atoms with van der Waals surface area (Å²) in [5.74, 6) is -0.640. The molecule has 1 amide bonds. The van der Waals surface area contributed by atoms with Crippen molar-refractivity contribution in [2.45, 2.75) is 32.4 Å². The monoisotopic (exact) mass is 388 g/mol. The highest BCUT2D eigenvalue weighted by Crippen LogP contribution is 2.25. The zero-order valence-corrected chi connectivity index (χ0v) is 16.6. The predicted molar refractivity (Wildman–Crippen MR) is 108 cm³/mol. The molecule has 0 aromatic heterocycles. The molecule has 0 saturated heterocycles. The molecule has 0 fully saturated rings. The second-order valence-corrected chi connectivity index (χ2v) is 7.16. The summed E-state index contributed by atoms with van der Waals surface area (Å²) in [6.45, 7) is 5.49. The quantitative estimate of drug-likeness (QED) is 0.369. The Morgan fingerprint density at radius 1 is 1.11 bits per heavy atom. The molecule has 152 valence electrons. The molecular formula is C22H31FN3O2+. The Balaban J connectivity index is 1.91. The van der Waals surface area contributed by atoms with E-state index in [2.05, 4.69) is 40.6 Å². The fourth-order valence-corrected chi connectivity index (χ4v) is 3.05. The number of rotatable bonds is 10. The van der Waals surface area contributed by atoms with Gasteiger partial charge in [0.25, 0.3) is 0 Å². The van der Waals surface area contributed by atoms with Gasteiger partial charge in [0.2, 0.25) is 5.91 Å². The van der Waals surface area contributed by atoms with Crippen LogP contribution in [0.3, 0.4) is 0 Å². The molecule has 0 heterocycles. The summed E-state index contributed by atoms with van der Waals surface area (Å²) in [6.07, 6.45) is 0.397. The van der Waals surface area contributed by atoms with Crippen LogP contribution in [0.4, 0.5) is 4.39 Å². The zero-order chi connectivity index (χ0) is 20.5. The first-order valence-corrected chi connectivity index (χ1v) is 9.71. The molecule has 0 bridgehead atoms. The highest BCUT2D eigenvalue weighted by Gasteiger charge is 2.24. The first-order chi connectivity index (χ1) is 13.4. The van der Waals surface area contributed by atoms with Gasteiger partial charge in [-0.05, 0) is 42.1 Å². The molecule has 3 unspecified atom stereocenters. The van der Waals surface area contributed by atoms with Gasteiger partial charge in [0.15, 0.2) is 6.17 Å². The molecule has 0 aliphatic heterocycles. The van der Waals surface area contributed by atoms with Crippen molar-refractivity contribution >= 4 is 5.91 Å². The number of hydrogen-bond acceptors (Lipinski definition) is 3. The van der Waals surface area contributed by atoms with E-state index in [9.17, 15) is 9.18 Å². The van der Waals surface area contributed by atoms with Crippen molar-refractivity contribution in [3.8, 4) is 0 Å². The van der Waals surface area contributed by atoms with E-state index in [4.69, 9.17) is 5.11 Å². The summed E-state index contributed by atoms with van der Waals surface area (Å²) in [5, 5.41) is 14.8. The normalized spacial score (nSPS) is 14.3. The average Bonchev–Trinajstić information content (AvgIpc) is 2.70. The van der Waals surface area contributed by atoms with Crippen LogP contribution in [-0.4, -0.2) is 30.7 Å². The van der Waals surface area contributed by atoms with Gasteiger partial charge in [-0.15, -0.1) is 0 Å². The fraction of sp³-hybridized carbons (Fsp3) is 0.409. The van der Waals surface area contributed by atoms with Crippen LogP contribution in [0.15, 0.2) is 48.5 Å². The van der Waals surface area contributed by atoms with Gasteiger partial charge in [0.1, 0.15) is 5.82 Å². The molecular weight excluding hydrogens is 357 g/mol. The van der Waals surface area contributed by atoms with E-state index in [1.807, 2.05) is 13.8 Å². The molecule has 0 radical (unpaired) electrons. The molecule has 0 aliphatic rings. The number of hydrogen-bond donors (Lipinski definition) is 4. The van der Waals surface area contributed by atoms with Crippen molar-refractivity contribution in [2.24, 2.45) is 5.92 Å². The van der Waals surface area contributed by atoms with Crippen molar-refractivity contribution in [3.63, 3.8) is 0 Å². The topological polar surface area (TPSA) is 89.0 Å². The van der Waals surface area contributed by atoms with E-state index < -0.39 is 6.17 Å². The lowest BCUT2D eigenvalue weighted by Crippen LogP contribution is -2.62. The molecule has 2 rings (SSSR count).